The van der Waals surface area contributed by atoms with Crippen LogP contribution in [0.25, 0.3) is 5.69 Å². The van der Waals surface area contributed by atoms with Crippen LogP contribution < -0.4 is 0 Å². The maximum atomic E-state index is 9.62. The zero-order valence-corrected chi connectivity index (χ0v) is 15.1. The van der Waals surface area contributed by atoms with Crippen LogP contribution in [0.2, 0.25) is 0 Å². The van der Waals surface area contributed by atoms with E-state index in [-0.39, 0.29) is 5.75 Å². The summed E-state index contributed by atoms with van der Waals surface area (Å²) < 4.78 is 4.24. The fraction of sp³-hybridized carbons (Fsp3) is 0.316. The summed E-state index contributed by atoms with van der Waals surface area (Å²) in [7, 11) is 0. The lowest BCUT2D eigenvalue weighted by Gasteiger charge is -2.07. The van der Waals surface area contributed by atoms with Gasteiger partial charge < -0.3 is 9.67 Å². The molecule has 0 atom stereocenters. The van der Waals surface area contributed by atoms with Gasteiger partial charge in [-0.15, -0.1) is 5.10 Å². The number of nitrogens with zero attached hydrogens (tertiary/aromatic N) is 4. The van der Waals surface area contributed by atoms with Crippen LogP contribution in [0.4, 0.5) is 0 Å². The van der Waals surface area contributed by atoms with E-state index >= 15 is 0 Å². The quantitative estimate of drug-likeness (QED) is 0.510. The average Bonchev–Trinajstić information content (AvgIpc) is 3.08. The number of rotatable bonds is 7. The molecule has 3 rings (SSSR count). The van der Waals surface area contributed by atoms with Gasteiger partial charge in [0.05, 0.1) is 17.6 Å². The molecule has 0 radical (unpaired) electrons. The molecule has 3 aromatic rings. The molecule has 5 nitrogen and oxygen atoms in total. The zero-order valence-electron chi connectivity index (χ0n) is 14.3. The molecule has 0 spiro atoms. The molecule has 0 aliphatic carbocycles. The summed E-state index contributed by atoms with van der Waals surface area (Å²) >= 11 is 5.20. The fourth-order valence-electron chi connectivity index (χ4n) is 2.70. The number of benzene rings is 1. The first-order valence-corrected chi connectivity index (χ1v) is 8.91. The third-order valence-corrected chi connectivity index (χ3v) is 4.62. The van der Waals surface area contributed by atoms with E-state index in [1.165, 1.54) is 5.56 Å². The Bertz CT molecular complexity index is 883. The highest BCUT2D eigenvalue weighted by Crippen LogP contribution is 2.13. The molecule has 130 valence electrons. The molecular formula is C19H22N4OS. The highest BCUT2D eigenvalue weighted by molar-refractivity contribution is 7.71. The maximum absolute atomic E-state index is 9.62. The van der Waals surface area contributed by atoms with E-state index in [0.29, 0.717) is 4.64 Å². The first-order valence-electron chi connectivity index (χ1n) is 8.50. The highest BCUT2D eigenvalue weighted by atomic mass is 32.1. The molecule has 0 aliphatic heterocycles. The van der Waals surface area contributed by atoms with Crippen molar-refractivity contribution >= 4 is 12.2 Å². The van der Waals surface area contributed by atoms with Gasteiger partial charge >= 0.3 is 0 Å². The van der Waals surface area contributed by atoms with Crippen LogP contribution in [-0.4, -0.2) is 24.7 Å². The molecule has 2 aromatic heterocycles. The summed E-state index contributed by atoms with van der Waals surface area (Å²) in [6, 6.07) is 11.7. The van der Waals surface area contributed by atoms with Gasteiger partial charge in [0, 0.05) is 12.7 Å². The number of unbranched alkanes of at least 4 members (excludes halogenated alkanes) is 2. The minimum absolute atomic E-state index is 0.171. The number of aromatic hydroxyl groups is 1. The van der Waals surface area contributed by atoms with Crippen molar-refractivity contribution < 1.29 is 5.11 Å². The molecule has 0 amide bonds. The van der Waals surface area contributed by atoms with E-state index in [1.807, 2.05) is 39.8 Å². The molecule has 0 bridgehead atoms. The van der Waals surface area contributed by atoms with Crippen LogP contribution in [0.5, 0.6) is 5.75 Å². The zero-order chi connectivity index (χ0) is 17.6. The van der Waals surface area contributed by atoms with Gasteiger partial charge in [0.15, 0.2) is 0 Å². The second-order valence-electron chi connectivity index (χ2n) is 6.19. The van der Waals surface area contributed by atoms with Gasteiger partial charge in [-0.25, -0.2) is 4.68 Å². The predicted molar refractivity (Wildman–Crippen MR) is 101 cm³/mol. The normalized spacial score (nSPS) is 10.9. The van der Waals surface area contributed by atoms with E-state index < -0.39 is 0 Å². The first-order chi connectivity index (χ1) is 12.1. The van der Waals surface area contributed by atoms with Gasteiger partial charge in [-0.05, 0) is 50.5 Å². The van der Waals surface area contributed by atoms with Crippen LogP contribution in [0.3, 0.4) is 0 Å². The molecule has 0 saturated heterocycles. The van der Waals surface area contributed by atoms with Crippen molar-refractivity contribution in [3.05, 3.63) is 64.7 Å². The molecule has 2 heterocycles. The van der Waals surface area contributed by atoms with Crippen molar-refractivity contribution in [3.8, 4) is 11.4 Å². The summed E-state index contributed by atoms with van der Waals surface area (Å²) in [6.07, 6.45) is 7.97. The topological polar surface area (TPSA) is 55.9 Å². The number of aryl methyl sites for hydroxylation is 3. The Balaban J connectivity index is 1.46. The molecule has 6 heteroatoms. The van der Waals surface area contributed by atoms with Gasteiger partial charge in [-0.1, -0.05) is 41.5 Å². The van der Waals surface area contributed by atoms with Crippen LogP contribution in [-0.2, 0) is 13.0 Å². The van der Waals surface area contributed by atoms with Gasteiger partial charge in [-0.3, -0.25) is 0 Å². The van der Waals surface area contributed by atoms with E-state index in [9.17, 15) is 5.11 Å². The van der Waals surface area contributed by atoms with Gasteiger partial charge in [0.2, 0.25) is 0 Å². The van der Waals surface area contributed by atoms with E-state index in [2.05, 4.69) is 29.4 Å². The van der Waals surface area contributed by atoms with Gasteiger partial charge in [0.25, 0.3) is 0 Å². The van der Waals surface area contributed by atoms with Gasteiger partial charge in [0.1, 0.15) is 10.4 Å². The molecule has 0 aliphatic rings. The fourth-order valence-corrected chi connectivity index (χ4v) is 2.92. The lowest BCUT2D eigenvalue weighted by molar-refractivity contribution is 0.459. The Hall–Kier alpha value is -2.47. The predicted octanol–water partition coefficient (Wildman–Crippen LogP) is 4.23. The summed E-state index contributed by atoms with van der Waals surface area (Å²) in [4.78, 5) is 0. The summed E-state index contributed by atoms with van der Waals surface area (Å²) in [5, 5.41) is 18.1. The molecule has 0 unspecified atom stereocenters. The Morgan fingerprint density at radius 1 is 1.08 bits per heavy atom. The van der Waals surface area contributed by atoms with Crippen molar-refractivity contribution in [1.29, 1.82) is 0 Å². The van der Waals surface area contributed by atoms with Crippen molar-refractivity contribution in [2.24, 2.45) is 0 Å². The van der Waals surface area contributed by atoms with Gasteiger partial charge in [-0.2, -0.15) is 0 Å². The molecule has 1 aromatic carbocycles. The number of aromatic nitrogens is 4. The van der Waals surface area contributed by atoms with E-state index in [4.69, 9.17) is 12.2 Å². The Labute approximate surface area is 152 Å². The monoisotopic (exact) mass is 354 g/mol. The maximum Gasteiger partial charge on any atom is 0.150 e. The molecule has 25 heavy (non-hydrogen) atoms. The van der Waals surface area contributed by atoms with Crippen molar-refractivity contribution in [1.82, 2.24) is 19.6 Å². The Morgan fingerprint density at radius 2 is 1.88 bits per heavy atom. The third-order valence-electron chi connectivity index (χ3n) is 4.17. The lowest BCUT2D eigenvalue weighted by atomic mass is 10.1. The standard InChI is InChI=1S/C19H22N4OS/c1-15-8-10-17(11-9-15)23-14-16(20-21-23)6-3-2-4-12-22-13-5-7-18(24)19(22)25/h5,7-11,13-14,24H,2-4,6,12H2,1H3. The molecular weight excluding hydrogens is 332 g/mol. The second-order valence-corrected chi connectivity index (χ2v) is 6.58. The van der Waals surface area contributed by atoms with E-state index in [0.717, 1.165) is 43.6 Å². The Kier molecular flexibility index (Phi) is 5.60. The lowest BCUT2D eigenvalue weighted by Crippen LogP contribution is -2.00. The highest BCUT2D eigenvalue weighted by Gasteiger charge is 2.03. The van der Waals surface area contributed by atoms with Crippen LogP contribution in [0.1, 0.15) is 30.5 Å². The molecule has 0 fully saturated rings. The summed E-state index contributed by atoms with van der Waals surface area (Å²) in [5.41, 5.74) is 3.27. The SMILES string of the molecule is Cc1ccc(-n2cc(CCCCCn3cccc(O)c3=S)nn2)cc1. The van der Waals surface area contributed by atoms with Crippen LogP contribution >= 0.6 is 12.2 Å². The second kappa shape index (κ2) is 8.07. The number of hydrogen-bond donors (Lipinski definition) is 1. The van der Waals surface area contributed by atoms with E-state index in [1.54, 1.807) is 6.07 Å². The van der Waals surface area contributed by atoms with Crippen LogP contribution in [0.15, 0.2) is 48.8 Å². The van der Waals surface area contributed by atoms with Crippen LogP contribution in [0, 0.1) is 11.6 Å². The third kappa shape index (κ3) is 4.54. The minimum Gasteiger partial charge on any atom is -0.505 e. The Morgan fingerprint density at radius 3 is 2.68 bits per heavy atom. The van der Waals surface area contributed by atoms with Crippen molar-refractivity contribution in [3.63, 3.8) is 0 Å². The minimum atomic E-state index is 0.171. The smallest absolute Gasteiger partial charge is 0.150 e. The summed E-state index contributed by atoms with van der Waals surface area (Å²) in [5.74, 6) is 0.171. The van der Waals surface area contributed by atoms with Crippen molar-refractivity contribution in [2.75, 3.05) is 0 Å². The first kappa shape index (κ1) is 17.4. The molecule has 1 N–H and O–H groups in total. The summed E-state index contributed by atoms with van der Waals surface area (Å²) in [6.45, 7) is 2.89. The number of hydrogen-bond acceptors (Lipinski definition) is 4. The largest absolute Gasteiger partial charge is 0.505 e. The molecule has 0 saturated carbocycles. The average molecular weight is 354 g/mol. The number of pyridine rings is 1. The van der Waals surface area contributed by atoms with Crippen molar-refractivity contribution in [2.45, 2.75) is 39.2 Å².